The van der Waals surface area contributed by atoms with Crippen LogP contribution in [0, 0.1) is 0 Å². The predicted octanol–water partition coefficient (Wildman–Crippen LogP) is 1.16. The Morgan fingerprint density at radius 1 is 1.22 bits per heavy atom. The molecule has 4 heteroatoms. The first-order chi connectivity index (χ1) is 8.63. The van der Waals surface area contributed by atoms with Gasteiger partial charge in [-0.25, -0.2) is 0 Å². The zero-order valence-corrected chi connectivity index (χ0v) is 10.8. The average Bonchev–Trinajstić information content (AvgIpc) is 2.39. The van der Waals surface area contributed by atoms with Gasteiger partial charge in [-0.15, -0.1) is 0 Å². The van der Waals surface area contributed by atoms with Gasteiger partial charge in [0, 0.05) is 45.3 Å². The molecule has 1 aromatic rings. The van der Waals surface area contributed by atoms with Gasteiger partial charge in [-0.05, 0) is 17.7 Å². The van der Waals surface area contributed by atoms with Crippen molar-refractivity contribution in [3.05, 3.63) is 29.8 Å². The van der Waals surface area contributed by atoms with Gasteiger partial charge in [-0.1, -0.05) is 12.1 Å². The molecule has 1 aliphatic heterocycles. The van der Waals surface area contributed by atoms with E-state index in [9.17, 15) is 5.11 Å². The predicted molar refractivity (Wildman–Crippen MR) is 70.6 cm³/mol. The lowest BCUT2D eigenvalue weighted by atomic mass is 9.94. The number of hydrogen-bond acceptors (Lipinski definition) is 4. The highest BCUT2D eigenvalue weighted by molar-refractivity contribution is 5.47. The van der Waals surface area contributed by atoms with Crippen LogP contribution in [0.3, 0.4) is 0 Å². The molecule has 0 aliphatic carbocycles. The summed E-state index contributed by atoms with van der Waals surface area (Å²) in [5.74, 6) is 0. The normalized spacial score (nSPS) is 18.6. The van der Waals surface area contributed by atoms with E-state index in [2.05, 4.69) is 0 Å². The van der Waals surface area contributed by atoms with Crippen LogP contribution in [0.15, 0.2) is 24.3 Å². The molecule has 100 valence electrons. The van der Waals surface area contributed by atoms with Crippen molar-refractivity contribution >= 4 is 5.69 Å². The first-order valence-corrected chi connectivity index (χ1v) is 6.34. The standard InChI is InChI=1S/C14H21NO3/c1-15(11-14(17)6-8-18-9-7-14)13-4-2-12(10-16)3-5-13/h2-5,16-17H,6-11H2,1H3. The van der Waals surface area contributed by atoms with Gasteiger partial charge in [-0.2, -0.15) is 0 Å². The van der Waals surface area contributed by atoms with Crippen LogP contribution in [-0.4, -0.2) is 42.6 Å². The monoisotopic (exact) mass is 251 g/mol. The van der Waals surface area contributed by atoms with Crippen molar-refractivity contribution in [3.8, 4) is 0 Å². The van der Waals surface area contributed by atoms with E-state index < -0.39 is 5.60 Å². The zero-order chi connectivity index (χ0) is 13.0. The van der Waals surface area contributed by atoms with Crippen molar-refractivity contribution in [3.63, 3.8) is 0 Å². The Hall–Kier alpha value is -1.10. The topological polar surface area (TPSA) is 52.9 Å². The molecule has 0 bridgehead atoms. The van der Waals surface area contributed by atoms with Crippen molar-refractivity contribution in [1.82, 2.24) is 0 Å². The number of aliphatic hydroxyl groups is 2. The maximum atomic E-state index is 10.4. The Balaban J connectivity index is 1.99. The third kappa shape index (κ3) is 3.22. The van der Waals surface area contributed by atoms with E-state index in [1.165, 1.54) is 0 Å². The Morgan fingerprint density at radius 3 is 2.39 bits per heavy atom. The zero-order valence-electron chi connectivity index (χ0n) is 10.8. The summed E-state index contributed by atoms with van der Waals surface area (Å²) >= 11 is 0. The summed E-state index contributed by atoms with van der Waals surface area (Å²) in [6.07, 6.45) is 1.37. The van der Waals surface area contributed by atoms with Crippen molar-refractivity contribution < 1.29 is 14.9 Å². The summed E-state index contributed by atoms with van der Waals surface area (Å²) in [7, 11) is 1.97. The molecule has 1 saturated heterocycles. The maximum absolute atomic E-state index is 10.4. The van der Waals surface area contributed by atoms with Crippen molar-refractivity contribution in [2.24, 2.45) is 0 Å². The smallest absolute Gasteiger partial charge is 0.0865 e. The van der Waals surface area contributed by atoms with Gasteiger partial charge in [0.2, 0.25) is 0 Å². The second-order valence-corrected chi connectivity index (χ2v) is 5.02. The fraction of sp³-hybridized carbons (Fsp3) is 0.571. The van der Waals surface area contributed by atoms with E-state index in [0.29, 0.717) is 32.6 Å². The highest BCUT2D eigenvalue weighted by atomic mass is 16.5. The molecule has 18 heavy (non-hydrogen) atoms. The lowest BCUT2D eigenvalue weighted by Gasteiger charge is -2.36. The van der Waals surface area contributed by atoms with Crippen molar-refractivity contribution in [2.75, 3.05) is 31.7 Å². The van der Waals surface area contributed by atoms with Crippen molar-refractivity contribution in [2.45, 2.75) is 25.0 Å². The number of benzene rings is 1. The van der Waals surface area contributed by atoms with Crippen LogP contribution in [0.5, 0.6) is 0 Å². The van der Waals surface area contributed by atoms with Crippen LogP contribution >= 0.6 is 0 Å². The summed E-state index contributed by atoms with van der Waals surface area (Å²) in [6, 6.07) is 7.74. The number of ether oxygens (including phenoxy) is 1. The molecule has 0 radical (unpaired) electrons. The molecular formula is C14H21NO3. The van der Waals surface area contributed by atoms with Crippen LogP contribution in [0.2, 0.25) is 0 Å². The molecule has 1 aliphatic rings. The number of anilines is 1. The van der Waals surface area contributed by atoms with Crippen LogP contribution in [0.25, 0.3) is 0 Å². The summed E-state index contributed by atoms with van der Waals surface area (Å²) in [4.78, 5) is 2.05. The van der Waals surface area contributed by atoms with Crippen LogP contribution in [0.1, 0.15) is 18.4 Å². The first-order valence-electron chi connectivity index (χ1n) is 6.34. The van der Waals surface area contributed by atoms with E-state index >= 15 is 0 Å². The molecule has 1 aromatic carbocycles. The number of rotatable bonds is 4. The lowest BCUT2D eigenvalue weighted by Crippen LogP contribution is -2.45. The number of nitrogens with zero attached hydrogens (tertiary/aromatic N) is 1. The highest BCUT2D eigenvalue weighted by Crippen LogP contribution is 2.24. The molecule has 4 nitrogen and oxygen atoms in total. The summed E-state index contributed by atoms with van der Waals surface area (Å²) < 4.78 is 5.28. The summed E-state index contributed by atoms with van der Waals surface area (Å²) in [6.45, 7) is 1.93. The van der Waals surface area contributed by atoms with Gasteiger partial charge < -0.3 is 19.8 Å². The molecule has 0 unspecified atom stereocenters. The van der Waals surface area contributed by atoms with Crippen LogP contribution in [0.4, 0.5) is 5.69 Å². The SMILES string of the molecule is CN(CC1(O)CCOCC1)c1ccc(CO)cc1. The van der Waals surface area contributed by atoms with Gasteiger partial charge in [0.1, 0.15) is 0 Å². The largest absolute Gasteiger partial charge is 0.392 e. The Morgan fingerprint density at radius 2 is 1.83 bits per heavy atom. The third-order valence-electron chi connectivity index (χ3n) is 3.51. The molecule has 0 aromatic heterocycles. The molecular weight excluding hydrogens is 230 g/mol. The number of likely N-dealkylation sites (N-methyl/N-ethyl adjacent to an activating group) is 1. The molecule has 2 N–H and O–H groups in total. The Labute approximate surface area is 108 Å². The molecule has 0 amide bonds. The minimum absolute atomic E-state index is 0.0608. The fourth-order valence-corrected chi connectivity index (χ4v) is 2.30. The van der Waals surface area contributed by atoms with Crippen LogP contribution < -0.4 is 4.90 Å². The number of hydrogen-bond donors (Lipinski definition) is 2. The quantitative estimate of drug-likeness (QED) is 0.843. The minimum atomic E-state index is -0.650. The maximum Gasteiger partial charge on any atom is 0.0865 e. The molecule has 0 atom stereocenters. The molecule has 2 rings (SSSR count). The van der Waals surface area contributed by atoms with Gasteiger partial charge in [0.05, 0.1) is 12.2 Å². The van der Waals surface area contributed by atoms with E-state index in [0.717, 1.165) is 11.3 Å². The van der Waals surface area contributed by atoms with E-state index in [-0.39, 0.29) is 6.61 Å². The van der Waals surface area contributed by atoms with Gasteiger partial charge in [0.25, 0.3) is 0 Å². The second kappa shape index (κ2) is 5.69. The summed E-state index contributed by atoms with van der Waals surface area (Å²) in [5, 5.41) is 19.4. The molecule has 0 saturated carbocycles. The van der Waals surface area contributed by atoms with Gasteiger partial charge >= 0.3 is 0 Å². The van der Waals surface area contributed by atoms with Crippen LogP contribution in [-0.2, 0) is 11.3 Å². The van der Waals surface area contributed by atoms with Gasteiger partial charge in [-0.3, -0.25) is 0 Å². The molecule has 0 spiro atoms. The van der Waals surface area contributed by atoms with Gasteiger partial charge in [0.15, 0.2) is 0 Å². The number of aliphatic hydroxyl groups excluding tert-OH is 1. The molecule has 1 heterocycles. The molecule has 1 fully saturated rings. The highest BCUT2D eigenvalue weighted by Gasteiger charge is 2.31. The van der Waals surface area contributed by atoms with E-state index in [1.807, 2.05) is 36.2 Å². The average molecular weight is 251 g/mol. The van der Waals surface area contributed by atoms with E-state index in [4.69, 9.17) is 9.84 Å². The summed E-state index contributed by atoms with van der Waals surface area (Å²) in [5.41, 5.74) is 1.30. The minimum Gasteiger partial charge on any atom is -0.392 e. The Kier molecular flexibility index (Phi) is 4.22. The Bertz CT molecular complexity index is 371. The lowest BCUT2D eigenvalue weighted by molar-refractivity contribution is -0.0572. The van der Waals surface area contributed by atoms with E-state index in [1.54, 1.807) is 0 Å². The third-order valence-corrected chi connectivity index (χ3v) is 3.51. The fourth-order valence-electron chi connectivity index (χ4n) is 2.30. The van der Waals surface area contributed by atoms with Crippen molar-refractivity contribution in [1.29, 1.82) is 0 Å². The first kappa shape index (κ1) is 13.3. The second-order valence-electron chi connectivity index (χ2n) is 5.02.